The topological polar surface area (TPSA) is 52.6 Å². The Bertz CT molecular complexity index is 549. The molecule has 0 amide bonds. The Morgan fingerprint density at radius 2 is 1.30 bits per heavy atom. The van der Waals surface area contributed by atoms with Crippen LogP contribution < -0.4 is 9.47 Å². The third-order valence-electron chi connectivity index (χ3n) is 4.94. The molecule has 1 aromatic rings. The lowest BCUT2D eigenvalue weighted by Crippen LogP contribution is -2.13. The molecular weight excluding hydrogens is 340 g/mol. The number of rotatable bonds is 14. The van der Waals surface area contributed by atoms with Crippen LogP contribution in [0, 0.1) is 5.92 Å². The van der Waals surface area contributed by atoms with Crippen molar-refractivity contribution in [2.24, 2.45) is 5.92 Å². The van der Waals surface area contributed by atoms with E-state index in [0.29, 0.717) is 30.3 Å². The Balaban J connectivity index is 2.44. The lowest BCUT2D eigenvalue weighted by Gasteiger charge is -2.13. The predicted molar refractivity (Wildman–Crippen MR) is 109 cm³/mol. The fourth-order valence-corrected chi connectivity index (χ4v) is 3.03. The summed E-state index contributed by atoms with van der Waals surface area (Å²) >= 11 is 0. The van der Waals surface area contributed by atoms with Crippen LogP contribution in [0.3, 0.4) is 0 Å². The zero-order valence-corrected chi connectivity index (χ0v) is 17.3. The molecule has 0 aromatic heterocycles. The van der Waals surface area contributed by atoms with Crippen LogP contribution in [0.2, 0.25) is 0 Å². The van der Waals surface area contributed by atoms with Gasteiger partial charge in [0, 0.05) is 12.8 Å². The molecule has 152 valence electrons. The van der Waals surface area contributed by atoms with E-state index < -0.39 is 0 Å². The highest BCUT2D eigenvalue weighted by Crippen LogP contribution is 2.28. The molecule has 0 atom stereocenters. The van der Waals surface area contributed by atoms with Crippen LogP contribution in [-0.2, 0) is 9.59 Å². The minimum Gasteiger partial charge on any atom is -0.423 e. The van der Waals surface area contributed by atoms with Gasteiger partial charge in [0.05, 0.1) is 0 Å². The van der Waals surface area contributed by atoms with E-state index in [1.807, 2.05) is 0 Å². The number of hydrogen-bond donors (Lipinski definition) is 0. The lowest BCUT2D eigenvalue weighted by molar-refractivity contribution is -0.137. The molecule has 0 aliphatic carbocycles. The Morgan fingerprint density at radius 3 is 1.85 bits per heavy atom. The maximum Gasteiger partial charge on any atom is 0.311 e. The number of carbonyl (C=O) groups is 2. The van der Waals surface area contributed by atoms with Gasteiger partial charge < -0.3 is 9.47 Å². The van der Waals surface area contributed by atoms with Gasteiger partial charge in [0.15, 0.2) is 11.5 Å². The molecule has 0 aliphatic rings. The minimum absolute atomic E-state index is 0.272. The summed E-state index contributed by atoms with van der Waals surface area (Å²) in [5.41, 5.74) is 0. The van der Waals surface area contributed by atoms with E-state index in [1.165, 1.54) is 19.3 Å². The van der Waals surface area contributed by atoms with Crippen molar-refractivity contribution in [1.29, 1.82) is 0 Å². The molecule has 0 radical (unpaired) electrons. The maximum atomic E-state index is 12.1. The van der Waals surface area contributed by atoms with Gasteiger partial charge in [0.2, 0.25) is 0 Å². The lowest BCUT2D eigenvalue weighted by atomic mass is 9.98. The second-order valence-corrected chi connectivity index (χ2v) is 7.13. The van der Waals surface area contributed by atoms with Gasteiger partial charge >= 0.3 is 11.9 Å². The van der Waals surface area contributed by atoms with Crippen molar-refractivity contribution in [3.05, 3.63) is 24.3 Å². The fraction of sp³-hybridized carbons (Fsp3) is 0.652. The second kappa shape index (κ2) is 14.2. The summed E-state index contributed by atoms with van der Waals surface area (Å²) in [6.45, 7) is 6.46. The molecule has 1 rings (SSSR count). The van der Waals surface area contributed by atoms with Crippen molar-refractivity contribution in [3.63, 3.8) is 0 Å². The number of unbranched alkanes of at least 4 members (excludes halogenated alkanes) is 5. The van der Waals surface area contributed by atoms with E-state index in [9.17, 15) is 9.59 Å². The number of carbonyl (C=O) groups excluding carboxylic acids is 2. The van der Waals surface area contributed by atoms with Gasteiger partial charge in [-0.15, -0.1) is 0 Å². The number of ether oxygens (including phenoxy) is 2. The quantitative estimate of drug-likeness (QED) is 0.212. The molecule has 0 heterocycles. The summed E-state index contributed by atoms with van der Waals surface area (Å²) in [5, 5.41) is 0. The first-order chi connectivity index (χ1) is 13.1. The number of hydrogen-bond acceptors (Lipinski definition) is 4. The molecule has 0 saturated carbocycles. The van der Waals surface area contributed by atoms with E-state index in [-0.39, 0.29) is 11.9 Å². The van der Waals surface area contributed by atoms with E-state index >= 15 is 0 Å². The first kappa shape index (κ1) is 23.2. The van der Waals surface area contributed by atoms with Crippen LogP contribution in [0.25, 0.3) is 0 Å². The molecule has 27 heavy (non-hydrogen) atoms. The average Bonchev–Trinajstić information content (AvgIpc) is 2.67. The van der Waals surface area contributed by atoms with E-state index in [2.05, 4.69) is 20.8 Å². The average molecular weight is 377 g/mol. The Kier molecular flexibility index (Phi) is 12.2. The third-order valence-corrected chi connectivity index (χ3v) is 4.94. The van der Waals surface area contributed by atoms with Gasteiger partial charge in [-0.05, 0) is 30.9 Å². The van der Waals surface area contributed by atoms with Crippen molar-refractivity contribution in [2.45, 2.75) is 91.4 Å². The highest BCUT2D eigenvalue weighted by molar-refractivity contribution is 5.76. The summed E-state index contributed by atoms with van der Waals surface area (Å²) < 4.78 is 10.9. The Hall–Kier alpha value is -1.84. The Labute approximate surface area is 164 Å². The van der Waals surface area contributed by atoms with Crippen LogP contribution in [0.15, 0.2) is 24.3 Å². The summed E-state index contributed by atoms with van der Waals surface area (Å²) in [4.78, 5) is 24.2. The number of esters is 2. The van der Waals surface area contributed by atoms with Crippen LogP contribution in [0.5, 0.6) is 11.5 Å². The fourth-order valence-electron chi connectivity index (χ4n) is 3.03. The van der Waals surface area contributed by atoms with Crippen LogP contribution in [0.4, 0.5) is 0 Å². The first-order valence-corrected chi connectivity index (χ1v) is 10.6. The van der Waals surface area contributed by atoms with Crippen molar-refractivity contribution in [2.75, 3.05) is 0 Å². The molecule has 0 unspecified atom stereocenters. The molecular formula is C23H36O4. The van der Waals surface area contributed by atoms with Gasteiger partial charge in [-0.25, -0.2) is 0 Å². The van der Waals surface area contributed by atoms with Crippen molar-refractivity contribution in [3.8, 4) is 11.5 Å². The van der Waals surface area contributed by atoms with Crippen LogP contribution >= 0.6 is 0 Å². The van der Waals surface area contributed by atoms with Gasteiger partial charge in [0.25, 0.3) is 0 Å². The van der Waals surface area contributed by atoms with Gasteiger partial charge in [-0.1, -0.05) is 77.8 Å². The van der Waals surface area contributed by atoms with E-state index in [4.69, 9.17) is 9.47 Å². The smallest absolute Gasteiger partial charge is 0.311 e. The number of para-hydroxylation sites is 2. The minimum atomic E-state index is -0.277. The Morgan fingerprint density at radius 1 is 0.778 bits per heavy atom. The molecule has 0 fully saturated rings. The summed E-state index contributed by atoms with van der Waals surface area (Å²) in [6, 6.07) is 6.88. The van der Waals surface area contributed by atoms with Crippen molar-refractivity contribution >= 4 is 11.9 Å². The van der Waals surface area contributed by atoms with Gasteiger partial charge in [0.1, 0.15) is 0 Å². The zero-order chi connectivity index (χ0) is 19.9. The van der Waals surface area contributed by atoms with Crippen LogP contribution in [-0.4, -0.2) is 11.9 Å². The zero-order valence-electron chi connectivity index (χ0n) is 17.3. The standard InChI is InChI=1S/C23H36O4/c1-4-7-8-9-10-11-16-22(24)26-20-14-12-13-15-21(20)27-23(25)18-17-19(5-2)6-3/h12-15,19H,4-11,16-18H2,1-3H3. The SMILES string of the molecule is CCCCCCCCC(=O)Oc1ccccc1OC(=O)CCC(CC)CC. The molecule has 0 aliphatic heterocycles. The third kappa shape index (κ3) is 10.2. The monoisotopic (exact) mass is 376 g/mol. The van der Waals surface area contributed by atoms with E-state index in [0.717, 1.165) is 38.5 Å². The highest BCUT2D eigenvalue weighted by Gasteiger charge is 2.14. The largest absolute Gasteiger partial charge is 0.423 e. The molecule has 4 heteroatoms. The van der Waals surface area contributed by atoms with Crippen molar-refractivity contribution in [1.82, 2.24) is 0 Å². The normalized spacial score (nSPS) is 10.8. The molecule has 1 aromatic carbocycles. The number of benzene rings is 1. The van der Waals surface area contributed by atoms with Crippen LogP contribution in [0.1, 0.15) is 91.4 Å². The highest BCUT2D eigenvalue weighted by atomic mass is 16.6. The molecule has 0 saturated heterocycles. The summed E-state index contributed by atoms with van der Waals surface area (Å²) in [7, 11) is 0. The molecule has 0 spiro atoms. The summed E-state index contributed by atoms with van der Waals surface area (Å²) in [6.07, 6.45) is 10.5. The van der Waals surface area contributed by atoms with Gasteiger partial charge in [-0.3, -0.25) is 9.59 Å². The first-order valence-electron chi connectivity index (χ1n) is 10.6. The van der Waals surface area contributed by atoms with E-state index in [1.54, 1.807) is 24.3 Å². The predicted octanol–water partition coefficient (Wildman–Crippen LogP) is 6.46. The second-order valence-electron chi connectivity index (χ2n) is 7.13. The molecule has 0 N–H and O–H groups in total. The van der Waals surface area contributed by atoms with Crippen molar-refractivity contribution < 1.29 is 19.1 Å². The maximum absolute atomic E-state index is 12.1. The summed E-state index contributed by atoms with van der Waals surface area (Å²) in [5.74, 6) is 0.642. The molecule has 4 nitrogen and oxygen atoms in total. The van der Waals surface area contributed by atoms with Gasteiger partial charge in [-0.2, -0.15) is 0 Å². The molecule has 0 bridgehead atoms.